The number of rotatable bonds is 2. The van der Waals surface area contributed by atoms with Gasteiger partial charge in [-0.3, -0.25) is 0 Å². The van der Waals surface area contributed by atoms with Crippen LogP contribution in [0.5, 0.6) is 5.88 Å². The molecule has 0 aliphatic heterocycles. The van der Waals surface area contributed by atoms with Gasteiger partial charge in [0.2, 0.25) is 11.8 Å². The Hall–Kier alpha value is -2.12. The van der Waals surface area contributed by atoms with Crippen molar-refractivity contribution in [2.75, 3.05) is 7.11 Å². The van der Waals surface area contributed by atoms with Gasteiger partial charge >= 0.3 is 6.18 Å². The van der Waals surface area contributed by atoms with E-state index in [-0.39, 0.29) is 5.82 Å². The number of ether oxygens (including phenoxy) is 1. The van der Waals surface area contributed by atoms with Crippen molar-refractivity contribution in [2.24, 2.45) is 7.05 Å². The number of aryl methyl sites for hydroxylation is 2. The maximum atomic E-state index is 13.6. The van der Waals surface area contributed by atoms with Crippen molar-refractivity contribution in [1.82, 2.24) is 14.5 Å². The maximum Gasteiger partial charge on any atom is 0.426 e. The average Bonchev–Trinajstić information content (AvgIpc) is 2.67. The number of aromatic nitrogens is 3. The first-order valence-corrected chi connectivity index (χ1v) is 5.56. The van der Waals surface area contributed by atoms with E-state index in [2.05, 4.69) is 14.7 Å². The molecule has 0 saturated carbocycles. The largest absolute Gasteiger partial charge is 0.480 e. The van der Waals surface area contributed by atoms with E-state index >= 15 is 0 Å². The Morgan fingerprint density at radius 3 is 2.35 bits per heavy atom. The molecular weight excluding hydrogens is 278 g/mol. The number of methoxy groups -OCH3 is 1. The lowest BCUT2D eigenvalue weighted by atomic mass is 10.2. The highest BCUT2D eigenvalue weighted by atomic mass is 19.4. The van der Waals surface area contributed by atoms with Gasteiger partial charge in [-0.2, -0.15) is 27.5 Å². The molecule has 8 heteroatoms. The molecule has 4 nitrogen and oxygen atoms in total. The van der Waals surface area contributed by atoms with Gasteiger partial charge in [0, 0.05) is 24.5 Å². The van der Waals surface area contributed by atoms with Crippen LogP contribution in [0.3, 0.4) is 0 Å². The van der Waals surface area contributed by atoms with E-state index in [0.29, 0.717) is 5.56 Å². The molecule has 108 valence electrons. The van der Waals surface area contributed by atoms with Gasteiger partial charge in [-0.25, -0.2) is 0 Å². The molecule has 2 rings (SSSR count). The molecule has 0 aliphatic rings. The van der Waals surface area contributed by atoms with Gasteiger partial charge in [0.15, 0.2) is 11.4 Å². The second-order valence-corrected chi connectivity index (χ2v) is 4.20. The van der Waals surface area contributed by atoms with E-state index in [1.54, 1.807) is 30.8 Å². The summed E-state index contributed by atoms with van der Waals surface area (Å²) in [6.45, 7) is 1.79. The average molecular weight is 289 g/mol. The zero-order valence-corrected chi connectivity index (χ0v) is 10.9. The van der Waals surface area contributed by atoms with Crippen molar-refractivity contribution in [3.63, 3.8) is 0 Å². The Morgan fingerprint density at radius 1 is 1.25 bits per heavy atom. The molecule has 2 aromatic rings. The fourth-order valence-electron chi connectivity index (χ4n) is 1.73. The zero-order chi connectivity index (χ0) is 15.1. The lowest BCUT2D eigenvalue weighted by Gasteiger charge is -2.12. The molecule has 0 atom stereocenters. The van der Waals surface area contributed by atoms with Crippen LogP contribution < -0.4 is 4.74 Å². The highest BCUT2D eigenvalue weighted by Gasteiger charge is 2.40. The van der Waals surface area contributed by atoms with Crippen LogP contribution in [0.25, 0.3) is 11.4 Å². The Balaban J connectivity index is 2.61. The first kappa shape index (κ1) is 14.3. The number of halogens is 4. The van der Waals surface area contributed by atoms with Gasteiger partial charge in [0.1, 0.15) is 0 Å². The molecule has 20 heavy (non-hydrogen) atoms. The molecule has 0 aliphatic carbocycles. The molecule has 0 aromatic carbocycles. The Bertz CT molecular complexity index is 629. The normalized spacial score (nSPS) is 11.8. The SMILES string of the molecule is COc1nc(-c2cc(C)n(C)c2)nc(F)c1C(F)(F)F. The Morgan fingerprint density at radius 2 is 1.90 bits per heavy atom. The minimum absolute atomic E-state index is 0.156. The summed E-state index contributed by atoms with van der Waals surface area (Å²) >= 11 is 0. The van der Waals surface area contributed by atoms with E-state index in [0.717, 1.165) is 12.8 Å². The lowest BCUT2D eigenvalue weighted by molar-refractivity contribution is -0.142. The molecule has 0 saturated heterocycles. The van der Waals surface area contributed by atoms with Crippen LogP contribution in [-0.4, -0.2) is 21.6 Å². The summed E-state index contributed by atoms with van der Waals surface area (Å²) in [6.07, 6.45) is -3.32. The molecule has 0 N–H and O–H groups in total. The zero-order valence-electron chi connectivity index (χ0n) is 10.9. The van der Waals surface area contributed by atoms with Crippen molar-refractivity contribution in [1.29, 1.82) is 0 Å². The van der Waals surface area contributed by atoms with Gasteiger partial charge in [-0.15, -0.1) is 0 Å². The van der Waals surface area contributed by atoms with E-state index < -0.39 is 23.6 Å². The molecule has 0 radical (unpaired) electrons. The summed E-state index contributed by atoms with van der Waals surface area (Å²) in [5, 5.41) is 0. The third-order valence-corrected chi connectivity index (χ3v) is 2.82. The molecule has 0 amide bonds. The predicted molar refractivity (Wildman–Crippen MR) is 62.7 cm³/mol. The topological polar surface area (TPSA) is 39.9 Å². The summed E-state index contributed by atoms with van der Waals surface area (Å²) in [5.41, 5.74) is -0.352. The van der Waals surface area contributed by atoms with Crippen LogP contribution in [0.1, 0.15) is 11.3 Å². The van der Waals surface area contributed by atoms with Crippen molar-refractivity contribution in [3.05, 3.63) is 29.5 Å². The number of hydrogen-bond donors (Lipinski definition) is 0. The second kappa shape index (κ2) is 4.77. The minimum atomic E-state index is -4.92. The second-order valence-electron chi connectivity index (χ2n) is 4.20. The quantitative estimate of drug-likeness (QED) is 0.630. The monoisotopic (exact) mass is 289 g/mol. The van der Waals surface area contributed by atoms with Crippen molar-refractivity contribution < 1.29 is 22.3 Å². The van der Waals surface area contributed by atoms with Crippen molar-refractivity contribution >= 4 is 0 Å². The van der Waals surface area contributed by atoms with Crippen molar-refractivity contribution in [3.8, 4) is 17.3 Å². The smallest absolute Gasteiger partial charge is 0.426 e. The van der Waals surface area contributed by atoms with Gasteiger partial charge in [0.05, 0.1) is 7.11 Å². The third kappa shape index (κ3) is 2.45. The van der Waals surface area contributed by atoms with Crippen LogP contribution in [0.15, 0.2) is 12.3 Å². The van der Waals surface area contributed by atoms with E-state index in [1.165, 1.54) is 0 Å². The van der Waals surface area contributed by atoms with Crippen LogP contribution in [-0.2, 0) is 13.2 Å². The molecule has 0 fully saturated rings. The van der Waals surface area contributed by atoms with E-state index in [4.69, 9.17) is 0 Å². The van der Waals surface area contributed by atoms with Gasteiger partial charge in [0.25, 0.3) is 0 Å². The molecule has 2 heterocycles. The van der Waals surface area contributed by atoms with E-state index in [1.807, 2.05) is 0 Å². The van der Waals surface area contributed by atoms with Gasteiger partial charge < -0.3 is 9.30 Å². The third-order valence-electron chi connectivity index (χ3n) is 2.82. The highest BCUT2D eigenvalue weighted by Crippen LogP contribution is 2.37. The Kier molecular flexibility index (Phi) is 3.41. The maximum absolute atomic E-state index is 13.6. The van der Waals surface area contributed by atoms with E-state index in [9.17, 15) is 17.6 Å². The van der Waals surface area contributed by atoms with Gasteiger partial charge in [-0.05, 0) is 13.0 Å². The summed E-state index contributed by atoms with van der Waals surface area (Å²) in [6, 6.07) is 1.64. The molecule has 0 spiro atoms. The molecule has 0 unspecified atom stereocenters. The highest BCUT2D eigenvalue weighted by molar-refractivity contribution is 5.56. The fraction of sp³-hybridized carbons (Fsp3) is 0.333. The van der Waals surface area contributed by atoms with Crippen LogP contribution >= 0.6 is 0 Å². The molecular formula is C12H11F4N3O. The predicted octanol–water partition coefficient (Wildman–Crippen LogP) is 2.96. The molecule has 0 bridgehead atoms. The first-order valence-electron chi connectivity index (χ1n) is 5.56. The standard InChI is InChI=1S/C12H11F4N3O/c1-6-4-7(5-19(6)2)10-17-9(13)8(12(14,15)16)11(18-10)20-3/h4-5H,1-3H3. The number of hydrogen-bond acceptors (Lipinski definition) is 3. The van der Waals surface area contributed by atoms with Crippen LogP contribution in [0.2, 0.25) is 0 Å². The van der Waals surface area contributed by atoms with Gasteiger partial charge in [-0.1, -0.05) is 0 Å². The van der Waals surface area contributed by atoms with Crippen LogP contribution in [0.4, 0.5) is 17.6 Å². The Labute approximate surface area is 112 Å². The number of alkyl halides is 3. The number of nitrogens with zero attached hydrogens (tertiary/aromatic N) is 3. The molecule has 2 aromatic heterocycles. The summed E-state index contributed by atoms with van der Waals surface area (Å²) in [5.74, 6) is -2.64. The van der Waals surface area contributed by atoms with Crippen molar-refractivity contribution in [2.45, 2.75) is 13.1 Å². The lowest BCUT2D eigenvalue weighted by Crippen LogP contribution is -2.14. The minimum Gasteiger partial charge on any atom is -0.480 e. The summed E-state index contributed by atoms with van der Waals surface area (Å²) < 4.78 is 58.0. The summed E-state index contributed by atoms with van der Waals surface area (Å²) in [7, 11) is 2.74. The first-order chi connectivity index (χ1) is 9.24. The summed E-state index contributed by atoms with van der Waals surface area (Å²) in [4.78, 5) is 6.92. The fourth-order valence-corrected chi connectivity index (χ4v) is 1.73. The van der Waals surface area contributed by atoms with Crippen LogP contribution in [0, 0.1) is 12.9 Å².